The number of aryl methyl sites for hydroxylation is 3. The molecule has 4 aromatic rings. The topological polar surface area (TPSA) is 138 Å². The third-order valence-corrected chi connectivity index (χ3v) is 8.65. The van der Waals surface area contributed by atoms with Crippen molar-refractivity contribution in [2.45, 2.75) is 32.2 Å². The summed E-state index contributed by atoms with van der Waals surface area (Å²) in [7, 11) is -7.46. The fourth-order valence-corrected chi connectivity index (χ4v) is 5.64. The molecule has 0 saturated heterocycles. The first-order chi connectivity index (χ1) is 18.8. The van der Waals surface area contributed by atoms with Crippen LogP contribution in [0.3, 0.4) is 0 Å². The molecule has 12 heteroatoms. The molecule has 3 aromatic carbocycles. The average Bonchev–Trinajstić information content (AvgIpc) is 2.89. The van der Waals surface area contributed by atoms with Crippen LogP contribution in [-0.4, -0.2) is 39.0 Å². The minimum absolute atomic E-state index is 0.0147. The maximum Gasteiger partial charge on any atom is 0.264 e. The van der Waals surface area contributed by atoms with Crippen molar-refractivity contribution in [1.29, 1.82) is 0 Å². The Morgan fingerprint density at radius 2 is 1.52 bits per heavy atom. The summed E-state index contributed by atoms with van der Waals surface area (Å²) in [5.41, 5.74) is 4.71. The Balaban J connectivity index is 1.43. The molecule has 0 saturated carbocycles. The third kappa shape index (κ3) is 7.01. The van der Waals surface area contributed by atoms with Gasteiger partial charge in [0, 0.05) is 23.1 Å². The normalized spacial score (nSPS) is 11.6. The number of nitrogens with one attached hydrogen (secondary N) is 2. The number of carbonyl (C=O) groups is 1. The first-order valence-electron chi connectivity index (χ1n) is 12.2. The Bertz CT molecular complexity index is 1760. The highest BCUT2D eigenvalue weighted by Gasteiger charge is 2.19. The van der Waals surface area contributed by atoms with Crippen LogP contribution in [0, 0.1) is 20.8 Å². The zero-order chi connectivity index (χ0) is 29.1. The predicted molar refractivity (Wildman–Crippen MR) is 155 cm³/mol. The van der Waals surface area contributed by atoms with Gasteiger partial charge in [0.2, 0.25) is 16.0 Å². The summed E-state index contributed by atoms with van der Waals surface area (Å²) in [5.74, 6) is -0.433. The Kier molecular flexibility index (Phi) is 8.21. The highest BCUT2D eigenvalue weighted by atomic mass is 32.2. The summed E-state index contributed by atoms with van der Waals surface area (Å²) in [6.45, 7) is 5.72. The van der Waals surface area contributed by atoms with Gasteiger partial charge < -0.3 is 5.32 Å². The van der Waals surface area contributed by atoms with Crippen molar-refractivity contribution in [3.8, 4) is 0 Å². The molecular weight excluding hydrogens is 550 g/mol. The van der Waals surface area contributed by atoms with Crippen molar-refractivity contribution < 1.29 is 21.6 Å². The summed E-state index contributed by atoms with van der Waals surface area (Å²) in [6, 6.07) is 19.4. The Labute approximate surface area is 234 Å². The summed E-state index contributed by atoms with van der Waals surface area (Å²) in [6.07, 6.45) is 2.62. The number of rotatable bonds is 9. The molecule has 4 rings (SSSR count). The van der Waals surface area contributed by atoms with Crippen LogP contribution < -0.4 is 14.3 Å². The van der Waals surface area contributed by atoms with E-state index in [0.717, 1.165) is 17.4 Å². The molecule has 0 aliphatic rings. The lowest BCUT2D eigenvalue weighted by atomic mass is 10.1. The highest BCUT2D eigenvalue weighted by Crippen LogP contribution is 2.24. The summed E-state index contributed by atoms with van der Waals surface area (Å²) >= 11 is 0. The number of nitrogens with zero attached hydrogens (tertiary/aromatic N) is 3. The molecule has 1 heterocycles. The average molecular weight is 580 g/mol. The SMILES string of the molecule is Cc1ccnc(NS(=O)(=O)c2ccc(NC(=O)c3ccc(CN(c4ccc(C)c(C)c4)S(C)(=O)=O)cc3)cc2)n1. The van der Waals surface area contributed by atoms with E-state index in [1.807, 2.05) is 26.0 Å². The molecule has 1 amide bonds. The van der Waals surface area contributed by atoms with Gasteiger partial charge in [0.05, 0.1) is 23.4 Å². The van der Waals surface area contributed by atoms with Crippen molar-refractivity contribution in [2.24, 2.45) is 0 Å². The van der Waals surface area contributed by atoms with Crippen LogP contribution in [0.5, 0.6) is 0 Å². The molecule has 0 spiro atoms. The van der Waals surface area contributed by atoms with Gasteiger partial charge in [-0.25, -0.2) is 31.5 Å². The lowest BCUT2D eigenvalue weighted by molar-refractivity contribution is 0.102. The highest BCUT2D eigenvalue weighted by molar-refractivity contribution is 7.92. The van der Waals surface area contributed by atoms with Crippen LogP contribution in [0.25, 0.3) is 0 Å². The largest absolute Gasteiger partial charge is 0.322 e. The minimum Gasteiger partial charge on any atom is -0.322 e. The summed E-state index contributed by atoms with van der Waals surface area (Å²) in [4.78, 5) is 20.7. The third-order valence-electron chi connectivity index (χ3n) is 6.16. The molecule has 0 bridgehead atoms. The molecular formula is C28H29N5O5S2. The molecule has 0 aliphatic carbocycles. The Hall–Kier alpha value is -4.29. The molecule has 208 valence electrons. The number of anilines is 3. The first-order valence-corrected chi connectivity index (χ1v) is 15.5. The van der Waals surface area contributed by atoms with Crippen molar-refractivity contribution in [2.75, 3.05) is 20.6 Å². The lowest BCUT2D eigenvalue weighted by Crippen LogP contribution is -2.29. The van der Waals surface area contributed by atoms with Gasteiger partial charge >= 0.3 is 0 Å². The Morgan fingerprint density at radius 1 is 0.850 bits per heavy atom. The van der Waals surface area contributed by atoms with E-state index < -0.39 is 26.0 Å². The van der Waals surface area contributed by atoms with E-state index in [-0.39, 0.29) is 17.4 Å². The van der Waals surface area contributed by atoms with E-state index in [1.54, 1.807) is 43.3 Å². The van der Waals surface area contributed by atoms with Crippen molar-refractivity contribution in [3.63, 3.8) is 0 Å². The number of benzene rings is 3. The fraction of sp³-hybridized carbons (Fsp3) is 0.179. The van der Waals surface area contributed by atoms with Crippen LogP contribution in [0.1, 0.15) is 32.7 Å². The number of sulfonamides is 2. The van der Waals surface area contributed by atoms with Gasteiger partial charge in [-0.05, 0) is 92.1 Å². The molecule has 2 N–H and O–H groups in total. The van der Waals surface area contributed by atoms with Crippen LogP contribution >= 0.6 is 0 Å². The van der Waals surface area contributed by atoms with Gasteiger partial charge in [-0.3, -0.25) is 9.10 Å². The molecule has 0 unspecified atom stereocenters. The van der Waals surface area contributed by atoms with Gasteiger partial charge in [0.25, 0.3) is 15.9 Å². The molecule has 0 atom stereocenters. The van der Waals surface area contributed by atoms with Crippen molar-refractivity contribution in [3.05, 3.63) is 107 Å². The second-order valence-electron chi connectivity index (χ2n) is 9.34. The van der Waals surface area contributed by atoms with Gasteiger partial charge in [-0.15, -0.1) is 0 Å². The minimum atomic E-state index is -3.91. The zero-order valence-electron chi connectivity index (χ0n) is 22.4. The van der Waals surface area contributed by atoms with Crippen LogP contribution in [0.4, 0.5) is 17.3 Å². The van der Waals surface area contributed by atoms with Crippen LogP contribution in [-0.2, 0) is 26.6 Å². The van der Waals surface area contributed by atoms with E-state index in [1.165, 1.54) is 34.8 Å². The fourth-order valence-electron chi connectivity index (χ4n) is 3.81. The lowest BCUT2D eigenvalue weighted by Gasteiger charge is -2.23. The first kappa shape index (κ1) is 28.7. The van der Waals surface area contributed by atoms with Gasteiger partial charge in [-0.1, -0.05) is 18.2 Å². The molecule has 40 heavy (non-hydrogen) atoms. The van der Waals surface area contributed by atoms with Crippen LogP contribution in [0.2, 0.25) is 0 Å². The second kappa shape index (κ2) is 11.4. The number of hydrogen-bond donors (Lipinski definition) is 2. The van der Waals surface area contributed by atoms with E-state index in [0.29, 0.717) is 28.2 Å². The number of amides is 1. The number of carbonyl (C=O) groups excluding carboxylic acids is 1. The Morgan fingerprint density at radius 3 is 2.12 bits per heavy atom. The molecule has 10 nitrogen and oxygen atoms in total. The maximum absolute atomic E-state index is 12.8. The van der Waals surface area contributed by atoms with Crippen LogP contribution in [0.15, 0.2) is 83.9 Å². The monoisotopic (exact) mass is 579 g/mol. The molecule has 0 fully saturated rings. The quantitative estimate of drug-likeness (QED) is 0.299. The van der Waals surface area contributed by atoms with Gasteiger partial charge in [0.1, 0.15) is 0 Å². The maximum atomic E-state index is 12.8. The summed E-state index contributed by atoms with van der Waals surface area (Å²) in [5, 5.41) is 2.73. The number of hydrogen-bond acceptors (Lipinski definition) is 7. The van der Waals surface area contributed by atoms with E-state index >= 15 is 0 Å². The number of aromatic nitrogens is 2. The van der Waals surface area contributed by atoms with Gasteiger partial charge in [0.15, 0.2) is 0 Å². The molecule has 0 radical (unpaired) electrons. The molecule has 0 aliphatic heterocycles. The standard InChI is InChI=1S/C28H29N5O5S2/c1-19-5-12-25(17-20(19)2)33(39(4,35)36)18-22-6-8-23(9-7-22)27(34)31-24-10-13-26(14-11-24)40(37,38)32-28-29-16-15-21(3)30-28/h5-17H,18H2,1-4H3,(H,31,34)(H,29,30,32). The summed E-state index contributed by atoms with van der Waals surface area (Å²) < 4.78 is 54.0. The van der Waals surface area contributed by atoms with Crippen molar-refractivity contribution in [1.82, 2.24) is 9.97 Å². The van der Waals surface area contributed by atoms with Crippen molar-refractivity contribution >= 4 is 43.3 Å². The molecule has 1 aromatic heterocycles. The predicted octanol–water partition coefficient (Wildman–Crippen LogP) is 4.42. The van der Waals surface area contributed by atoms with E-state index in [9.17, 15) is 21.6 Å². The second-order valence-corrected chi connectivity index (χ2v) is 12.9. The van der Waals surface area contributed by atoms with E-state index in [4.69, 9.17) is 0 Å². The van der Waals surface area contributed by atoms with E-state index in [2.05, 4.69) is 20.0 Å². The van der Waals surface area contributed by atoms with Gasteiger partial charge in [-0.2, -0.15) is 0 Å². The smallest absolute Gasteiger partial charge is 0.264 e. The zero-order valence-corrected chi connectivity index (χ0v) is 24.0.